The van der Waals surface area contributed by atoms with Crippen LogP contribution in [0.5, 0.6) is 0 Å². The Morgan fingerprint density at radius 2 is 2.24 bits per heavy atom. The number of hydrogen-bond donors (Lipinski definition) is 0. The van der Waals surface area contributed by atoms with Gasteiger partial charge < -0.3 is 9.47 Å². The first kappa shape index (κ1) is 14.3. The van der Waals surface area contributed by atoms with Crippen LogP contribution in [0.2, 0.25) is 0 Å². The molecule has 112 valence electrons. The van der Waals surface area contributed by atoms with E-state index in [9.17, 15) is 4.79 Å². The van der Waals surface area contributed by atoms with Crippen LogP contribution >= 0.6 is 11.3 Å². The Balaban J connectivity index is 1.79. The van der Waals surface area contributed by atoms with Gasteiger partial charge in [0, 0.05) is 32.3 Å². The van der Waals surface area contributed by atoms with Crippen LogP contribution in [0.15, 0.2) is 17.6 Å². The molecule has 1 aliphatic heterocycles. The molecular weight excluding hydrogens is 282 g/mol. The molecule has 1 fully saturated rings. The Bertz CT molecular complexity index is 658. The molecule has 0 aromatic carbocycles. The topological polar surface area (TPSA) is 38.1 Å². The molecule has 1 amide bonds. The summed E-state index contributed by atoms with van der Waals surface area (Å²) in [6.07, 6.45) is 4.21. The number of likely N-dealkylation sites (tertiary alicyclic amines) is 1. The van der Waals surface area contributed by atoms with Gasteiger partial charge in [0.1, 0.15) is 5.82 Å². The van der Waals surface area contributed by atoms with E-state index in [4.69, 9.17) is 0 Å². The van der Waals surface area contributed by atoms with Crippen LogP contribution in [0.3, 0.4) is 0 Å². The van der Waals surface area contributed by atoms with Gasteiger partial charge in [-0.15, -0.1) is 11.3 Å². The summed E-state index contributed by atoms with van der Waals surface area (Å²) in [7, 11) is 2.04. The van der Waals surface area contributed by atoms with E-state index in [2.05, 4.69) is 15.7 Å². The van der Waals surface area contributed by atoms with Crippen molar-refractivity contribution in [1.82, 2.24) is 14.5 Å². The largest absolute Gasteiger partial charge is 0.337 e. The second-order valence-electron chi connectivity index (χ2n) is 5.87. The van der Waals surface area contributed by atoms with Crippen molar-refractivity contribution in [3.05, 3.63) is 39.6 Å². The van der Waals surface area contributed by atoms with Gasteiger partial charge in [-0.05, 0) is 43.7 Å². The van der Waals surface area contributed by atoms with Crippen molar-refractivity contribution < 1.29 is 4.79 Å². The summed E-state index contributed by atoms with van der Waals surface area (Å²) in [5.41, 5.74) is 2.13. The predicted molar refractivity (Wildman–Crippen MR) is 84.9 cm³/mol. The number of carbonyl (C=O) groups is 1. The summed E-state index contributed by atoms with van der Waals surface area (Å²) in [4.78, 5) is 20.2. The molecule has 21 heavy (non-hydrogen) atoms. The number of amides is 1. The zero-order chi connectivity index (χ0) is 15.0. The molecule has 0 bridgehead atoms. The molecule has 1 aliphatic rings. The second kappa shape index (κ2) is 5.64. The molecule has 3 heterocycles. The normalized spacial score (nSPS) is 19.0. The number of nitrogens with zero attached hydrogens (tertiary/aromatic N) is 3. The Morgan fingerprint density at radius 3 is 2.86 bits per heavy atom. The molecule has 0 aliphatic carbocycles. The molecule has 1 saturated heterocycles. The highest BCUT2D eigenvalue weighted by atomic mass is 32.1. The van der Waals surface area contributed by atoms with Crippen molar-refractivity contribution in [3.8, 4) is 0 Å². The van der Waals surface area contributed by atoms with E-state index in [-0.39, 0.29) is 5.91 Å². The third kappa shape index (κ3) is 2.75. The van der Waals surface area contributed by atoms with Gasteiger partial charge in [0.15, 0.2) is 0 Å². The van der Waals surface area contributed by atoms with E-state index >= 15 is 0 Å². The smallest absolute Gasteiger partial charge is 0.264 e. The number of rotatable bonds is 2. The quantitative estimate of drug-likeness (QED) is 0.855. The molecule has 0 saturated carbocycles. The Hall–Kier alpha value is -1.62. The Kier molecular flexibility index (Phi) is 3.85. The molecule has 0 N–H and O–H groups in total. The fourth-order valence-corrected chi connectivity index (χ4v) is 4.01. The van der Waals surface area contributed by atoms with Gasteiger partial charge in [0.25, 0.3) is 5.91 Å². The predicted octanol–water partition coefficient (Wildman–Crippen LogP) is 3.12. The van der Waals surface area contributed by atoms with Crippen molar-refractivity contribution in [2.45, 2.75) is 32.6 Å². The molecule has 2 aromatic rings. The standard InChI is InChI=1S/C16H21N3OS/c1-11-6-8-21-14(11)16(20)19-7-4-5-13(10-19)15-17-12(2)9-18(15)3/h6,8-9,13H,4-5,7,10H2,1-3H3/t13-/m0/s1. The maximum absolute atomic E-state index is 12.7. The summed E-state index contributed by atoms with van der Waals surface area (Å²) in [5, 5.41) is 1.99. The third-order valence-electron chi connectivity index (χ3n) is 4.16. The van der Waals surface area contributed by atoms with Crippen LogP contribution in [0.1, 0.15) is 45.5 Å². The van der Waals surface area contributed by atoms with Crippen molar-refractivity contribution in [1.29, 1.82) is 0 Å². The van der Waals surface area contributed by atoms with Gasteiger partial charge >= 0.3 is 0 Å². The van der Waals surface area contributed by atoms with Gasteiger partial charge in [-0.1, -0.05) is 0 Å². The van der Waals surface area contributed by atoms with E-state index in [1.54, 1.807) is 11.3 Å². The zero-order valence-electron chi connectivity index (χ0n) is 12.8. The Labute approximate surface area is 129 Å². The number of thiophene rings is 1. The maximum atomic E-state index is 12.7. The number of aromatic nitrogens is 2. The lowest BCUT2D eigenvalue weighted by Gasteiger charge is -2.32. The van der Waals surface area contributed by atoms with Crippen LogP contribution in [0.4, 0.5) is 0 Å². The highest BCUT2D eigenvalue weighted by Crippen LogP contribution is 2.28. The number of aryl methyl sites for hydroxylation is 3. The molecule has 2 aromatic heterocycles. The third-order valence-corrected chi connectivity index (χ3v) is 5.17. The minimum absolute atomic E-state index is 0.179. The monoisotopic (exact) mass is 303 g/mol. The zero-order valence-corrected chi connectivity index (χ0v) is 13.6. The van der Waals surface area contributed by atoms with Crippen molar-refractivity contribution in [2.24, 2.45) is 7.05 Å². The number of carbonyl (C=O) groups excluding carboxylic acids is 1. The first-order chi connectivity index (χ1) is 10.1. The minimum Gasteiger partial charge on any atom is -0.337 e. The minimum atomic E-state index is 0.179. The maximum Gasteiger partial charge on any atom is 0.264 e. The van der Waals surface area contributed by atoms with Crippen molar-refractivity contribution in [2.75, 3.05) is 13.1 Å². The van der Waals surface area contributed by atoms with E-state index in [1.165, 1.54) is 0 Å². The summed E-state index contributed by atoms with van der Waals surface area (Å²) in [6.45, 7) is 5.66. The molecule has 5 heteroatoms. The summed E-state index contributed by atoms with van der Waals surface area (Å²) in [6, 6.07) is 2.02. The summed E-state index contributed by atoms with van der Waals surface area (Å²) in [5.74, 6) is 1.63. The highest BCUT2D eigenvalue weighted by molar-refractivity contribution is 7.12. The van der Waals surface area contributed by atoms with E-state index in [0.717, 1.165) is 47.9 Å². The van der Waals surface area contributed by atoms with Gasteiger partial charge in [0.2, 0.25) is 0 Å². The van der Waals surface area contributed by atoms with Crippen LogP contribution < -0.4 is 0 Å². The molecule has 4 nitrogen and oxygen atoms in total. The SMILES string of the molecule is Cc1cn(C)c([C@H]2CCCN(C(=O)c3sccc3C)C2)n1. The average Bonchev–Trinajstić information content (AvgIpc) is 3.03. The van der Waals surface area contributed by atoms with E-state index < -0.39 is 0 Å². The summed E-state index contributed by atoms with van der Waals surface area (Å²) < 4.78 is 2.10. The van der Waals surface area contributed by atoms with Crippen molar-refractivity contribution in [3.63, 3.8) is 0 Å². The molecular formula is C16H21N3OS. The molecule has 0 unspecified atom stereocenters. The van der Waals surface area contributed by atoms with Gasteiger partial charge in [0.05, 0.1) is 10.6 Å². The van der Waals surface area contributed by atoms with Gasteiger partial charge in [-0.3, -0.25) is 4.79 Å². The fraction of sp³-hybridized carbons (Fsp3) is 0.500. The van der Waals surface area contributed by atoms with Crippen LogP contribution in [0.25, 0.3) is 0 Å². The van der Waals surface area contributed by atoms with E-state index in [0.29, 0.717) is 5.92 Å². The lowest BCUT2D eigenvalue weighted by molar-refractivity contribution is 0.0708. The second-order valence-corrected chi connectivity index (χ2v) is 6.79. The lowest BCUT2D eigenvalue weighted by atomic mass is 9.97. The van der Waals surface area contributed by atoms with Gasteiger partial charge in [-0.2, -0.15) is 0 Å². The van der Waals surface area contributed by atoms with Gasteiger partial charge in [-0.25, -0.2) is 4.98 Å². The number of imidazole rings is 1. The molecule has 0 spiro atoms. The van der Waals surface area contributed by atoms with Crippen molar-refractivity contribution >= 4 is 17.2 Å². The van der Waals surface area contributed by atoms with Crippen LogP contribution in [-0.4, -0.2) is 33.4 Å². The Morgan fingerprint density at radius 1 is 1.43 bits per heavy atom. The molecule has 1 atom stereocenters. The fourth-order valence-electron chi connectivity index (χ4n) is 3.12. The molecule has 3 rings (SSSR count). The average molecular weight is 303 g/mol. The lowest BCUT2D eigenvalue weighted by Crippen LogP contribution is -2.39. The summed E-state index contributed by atoms with van der Waals surface area (Å²) >= 11 is 1.54. The van der Waals surface area contributed by atoms with E-state index in [1.807, 2.05) is 37.2 Å². The van der Waals surface area contributed by atoms with Crippen LogP contribution in [0, 0.1) is 13.8 Å². The number of piperidine rings is 1. The van der Waals surface area contributed by atoms with Crippen LogP contribution in [-0.2, 0) is 7.05 Å². The number of hydrogen-bond acceptors (Lipinski definition) is 3. The first-order valence-electron chi connectivity index (χ1n) is 7.39. The highest BCUT2D eigenvalue weighted by Gasteiger charge is 2.28. The first-order valence-corrected chi connectivity index (χ1v) is 8.27. The molecule has 0 radical (unpaired) electrons.